The molecular weight excluding hydrogens is 471 g/mol. The molecule has 2 aromatic rings. The van der Waals surface area contributed by atoms with Crippen LogP contribution in [0.25, 0.3) is 0 Å². The van der Waals surface area contributed by atoms with Gasteiger partial charge in [0, 0.05) is 56.8 Å². The summed E-state index contributed by atoms with van der Waals surface area (Å²) in [7, 11) is 1.67. The molecule has 3 fully saturated rings. The highest BCUT2D eigenvalue weighted by molar-refractivity contribution is 5.79. The monoisotopic (exact) mass is 510 g/mol. The summed E-state index contributed by atoms with van der Waals surface area (Å²) in [5, 5.41) is 0. The Kier molecular flexibility index (Phi) is 8.23. The summed E-state index contributed by atoms with van der Waals surface area (Å²) in [6.45, 7) is 5.98. The van der Waals surface area contributed by atoms with Crippen molar-refractivity contribution in [3.63, 3.8) is 0 Å². The molecule has 0 spiro atoms. The average molecular weight is 511 g/mol. The number of piperidine rings is 1. The van der Waals surface area contributed by atoms with Crippen LogP contribution < -0.4 is 9.64 Å². The third-order valence-electron chi connectivity index (χ3n) is 8.40. The molecule has 200 valence electrons. The Morgan fingerprint density at radius 2 is 1.92 bits per heavy atom. The maximum Gasteiger partial charge on any atom is 0.227 e. The molecule has 1 aromatic carbocycles. The Balaban J connectivity index is 1.01. The molecule has 37 heavy (non-hydrogen) atoms. The van der Waals surface area contributed by atoms with Crippen molar-refractivity contribution in [1.82, 2.24) is 14.9 Å². The van der Waals surface area contributed by atoms with Crippen LogP contribution in [-0.4, -0.2) is 60.2 Å². The van der Waals surface area contributed by atoms with Gasteiger partial charge in [0.05, 0.1) is 19.6 Å². The van der Waals surface area contributed by atoms with Gasteiger partial charge in [-0.1, -0.05) is 6.07 Å². The summed E-state index contributed by atoms with van der Waals surface area (Å²) in [5.41, 5.74) is 1.44. The van der Waals surface area contributed by atoms with Crippen LogP contribution in [-0.2, 0) is 22.6 Å². The molecule has 3 heterocycles. The van der Waals surface area contributed by atoms with E-state index in [9.17, 15) is 9.18 Å². The summed E-state index contributed by atoms with van der Waals surface area (Å²) in [6, 6.07) is 5.18. The fraction of sp³-hybridized carbons (Fsp3) is 0.621. The fourth-order valence-corrected chi connectivity index (χ4v) is 6.12. The number of halogens is 1. The highest BCUT2D eigenvalue weighted by Gasteiger charge is 2.43. The number of amides is 1. The van der Waals surface area contributed by atoms with E-state index in [1.165, 1.54) is 25.3 Å². The third-order valence-corrected chi connectivity index (χ3v) is 8.40. The molecule has 0 bridgehead atoms. The molecule has 3 aliphatic rings. The molecule has 3 atom stereocenters. The molecule has 1 amide bonds. The lowest BCUT2D eigenvalue weighted by Crippen LogP contribution is -2.35. The number of ether oxygens (including phenoxy) is 2. The Morgan fingerprint density at radius 1 is 1.14 bits per heavy atom. The minimum absolute atomic E-state index is 0.00989. The third kappa shape index (κ3) is 6.40. The van der Waals surface area contributed by atoms with Crippen molar-refractivity contribution in [2.24, 2.45) is 17.8 Å². The fourth-order valence-electron chi connectivity index (χ4n) is 6.12. The lowest BCUT2D eigenvalue weighted by Gasteiger charge is -2.32. The number of methoxy groups -OCH3 is 1. The molecule has 0 radical (unpaired) electrons. The van der Waals surface area contributed by atoms with E-state index in [1.807, 2.05) is 17.3 Å². The summed E-state index contributed by atoms with van der Waals surface area (Å²) >= 11 is 0. The highest BCUT2D eigenvalue weighted by Crippen LogP contribution is 2.49. The summed E-state index contributed by atoms with van der Waals surface area (Å²) < 4.78 is 25.7. The van der Waals surface area contributed by atoms with E-state index in [0.29, 0.717) is 30.4 Å². The Labute approximate surface area is 219 Å². The van der Waals surface area contributed by atoms with E-state index in [2.05, 4.69) is 21.8 Å². The number of carbonyl (C=O) groups is 1. The van der Waals surface area contributed by atoms with Gasteiger partial charge in [0.25, 0.3) is 0 Å². The summed E-state index contributed by atoms with van der Waals surface area (Å²) in [5.74, 6) is 3.24. The normalized spacial score (nSPS) is 23.9. The SMILES string of the molecule is COCc1cnc(N2CCC(C3CC3CCOc3ccc(CC(=O)N4CCCC4C)c(F)c3)CC2)nc1. The topological polar surface area (TPSA) is 67.8 Å². The number of hydrogen-bond acceptors (Lipinski definition) is 6. The maximum absolute atomic E-state index is 14.6. The second-order valence-electron chi connectivity index (χ2n) is 11.0. The van der Waals surface area contributed by atoms with Crippen LogP contribution >= 0.6 is 0 Å². The quantitative estimate of drug-likeness (QED) is 0.464. The number of aromatic nitrogens is 2. The molecule has 0 N–H and O–H groups in total. The standard InChI is InChI=1S/C29H39FN4O3/c1-20-4-3-10-34(20)28(35)15-24-5-6-25(16-27(24)30)37-13-9-23-14-26(23)22-7-11-33(12-8-22)29-31-17-21(18-32-29)19-36-2/h5-6,16-18,20,22-23,26H,3-4,7-15,19H2,1-2H3. The van der Waals surface area contributed by atoms with E-state index >= 15 is 0 Å². The van der Waals surface area contributed by atoms with Gasteiger partial charge in [0.15, 0.2) is 0 Å². The van der Waals surface area contributed by atoms with Crippen LogP contribution in [0.15, 0.2) is 30.6 Å². The number of rotatable bonds is 10. The van der Waals surface area contributed by atoms with Crippen LogP contribution in [0, 0.1) is 23.6 Å². The van der Waals surface area contributed by atoms with Gasteiger partial charge in [-0.2, -0.15) is 0 Å². The van der Waals surface area contributed by atoms with Crippen molar-refractivity contribution >= 4 is 11.9 Å². The van der Waals surface area contributed by atoms with Crippen LogP contribution in [0.4, 0.5) is 10.3 Å². The van der Waals surface area contributed by atoms with E-state index in [0.717, 1.165) is 62.2 Å². The first-order valence-electron chi connectivity index (χ1n) is 13.8. The molecule has 2 aliphatic heterocycles. The summed E-state index contributed by atoms with van der Waals surface area (Å²) in [6.07, 6.45) is 10.5. The second-order valence-corrected chi connectivity index (χ2v) is 11.0. The molecule has 7 nitrogen and oxygen atoms in total. The molecule has 1 saturated carbocycles. The van der Waals surface area contributed by atoms with E-state index < -0.39 is 0 Å². The number of carbonyl (C=O) groups excluding carboxylic acids is 1. The van der Waals surface area contributed by atoms with Crippen LogP contribution in [0.5, 0.6) is 5.75 Å². The first-order chi connectivity index (χ1) is 18.0. The number of benzene rings is 1. The first-order valence-corrected chi connectivity index (χ1v) is 13.8. The van der Waals surface area contributed by atoms with Gasteiger partial charge >= 0.3 is 0 Å². The number of nitrogens with zero attached hydrogens (tertiary/aromatic N) is 4. The highest BCUT2D eigenvalue weighted by atomic mass is 19.1. The molecule has 1 aliphatic carbocycles. The lowest BCUT2D eigenvalue weighted by atomic mass is 9.90. The molecular formula is C29H39FN4O3. The zero-order valence-electron chi connectivity index (χ0n) is 22.1. The van der Waals surface area contributed by atoms with Crippen molar-refractivity contribution in [3.8, 4) is 5.75 Å². The molecule has 3 unspecified atom stereocenters. The molecule has 1 aromatic heterocycles. The maximum atomic E-state index is 14.6. The second kappa shape index (κ2) is 11.8. The van der Waals surface area contributed by atoms with E-state index in [4.69, 9.17) is 9.47 Å². The molecule has 2 saturated heterocycles. The average Bonchev–Trinajstić information content (AvgIpc) is 3.55. The Bertz CT molecular complexity index is 1060. The molecule has 5 rings (SSSR count). The van der Waals surface area contributed by atoms with Crippen LogP contribution in [0.3, 0.4) is 0 Å². The lowest BCUT2D eigenvalue weighted by molar-refractivity contribution is -0.131. The Hall–Kier alpha value is -2.74. The van der Waals surface area contributed by atoms with Crippen molar-refractivity contribution in [2.75, 3.05) is 38.3 Å². The van der Waals surface area contributed by atoms with Crippen molar-refractivity contribution in [2.45, 2.75) is 64.5 Å². The van der Waals surface area contributed by atoms with Crippen molar-refractivity contribution in [3.05, 3.63) is 47.5 Å². The smallest absolute Gasteiger partial charge is 0.227 e. The van der Waals surface area contributed by atoms with Gasteiger partial charge in [-0.05, 0) is 74.8 Å². The van der Waals surface area contributed by atoms with Crippen molar-refractivity contribution in [1.29, 1.82) is 0 Å². The van der Waals surface area contributed by atoms with E-state index in [-0.39, 0.29) is 24.2 Å². The van der Waals surface area contributed by atoms with Crippen LogP contribution in [0.1, 0.15) is 56.6 Å². The van der Waals surface area contributed by atoms with Crippen molar-refractivity contribution < 1.29 is 18.7 Å². The first kappa shape index (κ1) is 25.9. The number of anilines is 1. The van der Waals surface area contributed by atoms with Gasteiger partial charge in [-0.3, -0.25) is 4.79 Å². The Morgan fingerprint density at radius 3 is 2.59 bits per heavy atom. The van der Waals surface area contributed by atoms with Crippen LogP contribution in [0.2, 0.25) is 0 Å². The van der Waals surface area contributed by atoms with Gasteiger partial charge in [-0.25, -0.2) is 14.4 Å². The number of likely N-dealkylation sites (tertiary alicyclic amines) is 1. The van der Waals surface area contributed by atoms with Gasteiger partial charge in [0.1, 0.15) is 11.6 Å². The minimum atomic E-state index is -0.355. The predicted molar refractivity (Wildman–Crippen MR) is 140 cm³/mol. The summed E-state index contributed by atoms with van der Waals surface area (Å²) in [4.78, 5) is 25.7. The zero-order chi connectivity index (χ0) is 25.8. The van der Waals surface area contributed by atoms with Gasteiger partial charge < -0.3 is 19.3 Å². The molecule has 8 heteroatoms. The predicted octanol–water partition coefficient (Wildman–Crippen LogP) is 4.64. The zero-order valence-corrected chi connectivity index (χ0v) is 22.1. The van der Waals surface area contributed by atoms with E-state index in [1.54, 1.807) is 19.2 Å². The van der Waals surface area contributed by atoms with Gasteiger partial charge in [-0.15, -0.1) is 0 Å². The number of hydrogen-bond donors (Lipinski definition) is 0. The largest absolute Gasteiger partial charge is 0.493 e. The van der Waals surface area contributed by atoms with Gasteiger partial charge in [0.2, 0.25) is 11.9 Å². The minimum Gasteiger partial charge on any atom is -0.493 e.